The molecule has 32 heavy (non-hydrogen) atoms. The first-order valence-corrected chi connectivity index (χ1v) is 11.0. The number of carbonyl (C=O) groups excluding carboxylic acids is 1. The Morgan fingerprint density at radius 3 is 2.09 bits per heavy atom. The van der Waals surface area contributed by atoms with Crippen LogP contribution in [0.25, 0.3) is 0 Å². The summed E-state index contributed by atoms with van der Waals surface area (Å²) < 4.78 is 27.3. The minimum Gasteiger partial charge on any atom is -0.478 e. The van der Waals surface area contributed by atoms with Gasteiger partial charge >= 0.3 is 5.97 Å². The number of benzene rings is 3. The van der Waals surface area contributed by atoms with Crippen LogP contribution in [0, 0.1) is 0 Å². The molecule has 0 heterocycles. The van der Waals surface area contributed by atoms with Gasteiger partial charge in [-0.15, -0.1) is 0 Å². The molecule has 0 saturated heterocycles. The summed E-state index contributed by atoms with van der Waals surface area (Å²) in [7, 11) is -3.92. The predicted octanol–water partition coefficient (Wildman–Crippen LogP) is 2.73. The second kappa shape index (κ2) is 10.5. The lowest BCUT2D eigenvalue weighted by atomic mass is 10.1. The van der Waals surface area contributed by atoms with Crippen LogP contribution in [0.1, 0.15) is 21.5 Å². The summed E-state index contributed by atoms with van der Waals surface area (Å²) in [6.07, 6.45) is 1.34. The number of hydrazone groups is 1. The van der Waals surface area contributed by atoms with Gasteiger partial charge in [0.1, 0.15) is 0 Å². The Hall–Kier alpha value is -3.82. The largest absolute Gasteiger partial charge is 0.478 e. The minimum atomic E-state index is -3.92. The van der Waals surface area contributed by atoms with Gasteiger partial charge in [-0.2, -0.15) is 9.41 Å². The maximum atomic E-state index is 13.1. The summed E-state index contributed by atoms with van der Waals surface area (Å²) in [5.74, 6) is -1.65. The molecular formula is C23H21N3O5S. The second-order valence-corrected chi connectivity index (χ2v) is 8.73. The molecule has 0 aliphatic rings. The van der Waals surface area contributed by atoms with Gasteiger partial charge in [0, 0.05) is 6.54 Å². The third-order valence-electron chi connectivity index (χ3n) is 4.46. The molecule has 3 aromatic carbocycles. The molecule has 9 heteroatoms. The van der Waals surface area contributed by atoms with E-state index in [-0.39, 0.29) is 17.0 Å². The third-order valence-corrected chi connectivity index (χ3v) is 6.27. The lowest BCUT2D eigenvalue weighted by molar-refractivity contribution is -0.121. The van der Waals surface area contributed by atoms with Crippen molar-refractivity contribution in [3.05, 3.63) is 102 Å². The SMILES string of the molecule is O=C(CN(Cc1ccccc1)S(=O)(=O)c1ccccc1)NN=Cc1ccc(C(=O)O)cc1. The molecule has 3 rings (SSSR count). The van der Waals surface area contributed by atoms with Crippen LogP contribution in [-0.4, -0.2) is 42.5 Å². The normalized spacial score (nSPS) is 11.5. The number of carbonyl (C=O) groups is 2. The molecule has 0 spiro atoms. The van der Waals surface area contributed by atoms with E-state index in [4.69, 9.17) is 5.11 Å². The number of carboxylic acids is 1. The van der Waals surface area contributed by atoms with E-state index in [2.05, 4.69) is 10.5 Å². The van der Waals surface area contributed by atoms with Gasteiger partial charge in [0.2, 0.25) is 10.0 Å². The summed E-state index contributed by atoms with van der Waals surface area (Å²) in [4.78, 5) is 23.4. The highest BCUT2D eigenvalue weighted by Crippen LogP contribution is 2.18. The zero-order chi connectivity index (χ0) is 23.0. The number of hydrogen-bond acceptors (Lipinski definition) is 5. The van der Waals surface area contributed by atoms with Crippen molar-refractivity contribution < 1.29 is 23.1 Å². The third kappa shape index (κ3) is 6.10. The van der Waals surface area contributed by atoms with Gasteiger partial charge in [-0.05, 0) is 35.4 Å². The van der Waals surface area contributed by atoms with Crippen LogP contribution >= 0.6 is 0 Å². The minimum absolute atomic E-state index is 0.0197. The Balaban J connectivity index is 1.72. The molecule has 0 radical (unpaired) electrons. The zero-order valence-corrected chi connectivity index (χ0v) is 17.8. The van der Waals surface area contributed by atoms with Crippen molar-refractivity contribution in [3.8, 4) is 0 Å². The van der Waals surface area contributed by atoms with Crippen LogP contribution < -0.4 is 5.43 Å². The van der Waals surface area contributed by atoms with E-state index < -0.39 is 28.4 Å². The first-order valence-electron chi connectivity index (χ1n) is 9.60. The fourth-order valence-electron chi connectivity index (χ4n) is 2.84. The predicted molar refractivity (Wildman–Crippen MR) is 120 cm³/mol. The van der Waals surface area contributed by atoms with E-state index in [0.29, 0.717) is 5.56 Å². The van der Waals surface area contributed by atoms with Crippen molar-refractivity contribution in [1.82, 2.24) is 9.73 Å². The van der Waals surface area contributed by atoms with E-state index in [0.717, 1.165) is 9.87 Å². The molecular weight excluding hydrogens is 430 g/mol. The summed E-state index contributed by atoms with van der Waals surface area (Å²) in [6, 6.07) is 22.8. The van der Waals surface area contributed by atoms with E-state index in [9.17, 15) is 18.0 Å². The molecule has 0 bridgehead atoms. The van der Waals surface area contributed by atoms with Gasteiger partial charge in [-0.25, -0.2) is 18.6 Å². The van der Waals surface area contributed by atoms with Crippen molar-refractivity contribution in [3.63, 3.8) is 0 Å². The van der Waals surface area contributed by atoms with E-state index in [1.807, 2.05) is 6.07 Å². The topological polar surface area (TPSA) is 116 Å². The molecule has 1 amide bonds. The number of nitrogens with one attached hydrogen (secondary N) is 1. The smallest absolute Gasteiger partial charge is 0.335 e. The van der Waals surface area contributed by atoms with E-state index >= 15 is 0 Å². The number of rotatable bonds is 9. The van der Waals surface area contributed by atoms with E-state index in [1.165, 1.54) is 30.5 Å². The quantitative estimate of drug-likeness (QED) is 0.383. The van der Waals surface area contributed by atoms with Crippen molar-refractivity contribution in [2.24, 2.45) is 5.10 Å². The number of aromatic carboxylic acids is 1. The van der Waals surface area contributed by atoms with Gasteiger partial charge in [0.05, 0.1) is 23.2 Å². The highest BCUT2D eigenvalue weighted by atomic mass is 32.2. The molecule has 0 aliphatic heterocycles. The average Bonchev–Trinajstić information content (AvgIpc) is 2.80. The lowest BCUT2D eigenvalue weighted by Gasteiger charge is -2.21. The first-order chi connectivity index (χ1) is 15.4. The molecule has 0 aliphatic carbocycles. The Bertz CT molecular complexity index is 1200. The fourth-order valence-corrected chi connectivity index (χ4v) is 4.25. The molecule has 0 saturated carbocycles. The number of sulfonamides is 1. The molecule has 164 valence electrons. The monoisotopic (exact) mass is 451 g/mol. The molecule has 3 aromatic rings. The Labute approximate surface area is 185 Å². The standard InChI is InChI=1S/C23H21N3O5S/c27-22(25-24-15-18-11-13-20(14-12-18)23(28)29)17-26(16-19-7-3-1-4-8-19)32(30,31)21-9-5-2-6-10-21/h1-15H,16-17H2,(H,25,27)(H,28,29). The van der Waals surface area contributed by atoms with Crippen LogP contribution in [0.4, 0.5) is 0 Å². The maximum absolute atomic E-state index is 13.1. The number of hydrogen-bond donors (Lipinski definition) is 2. The zero-order valence-electron chi connectivity index (χ0n) is 17.0. The summed E-state index contributed by atoms with van der Waals surface area (Å²) in [5, 5.41) is 12.8. The molecule has 0 fully saturated rings. The van der Waals surface area contributed by atoms with Crippen molar-refractivity contribution in [2.45, 2.75) is 11.4 Å². The van der Waals surface area contributed by atoms with Crippen LogP contribution in [0.3, 0.4) is 0 Å². The Morgan fingerprint density at radius 1 is 0.906 bits per heavy atom. The van der Waals surface area contributed by atoms with Gasteiger partial charge in [0.15, 0.2) is 0 Å². The van der Waals surface area contributed by atoms with Gasteiger partial charge in [-0.1, -0.05) is 60.7 Å². The first kappa shape index (κ1) is 22.9. The van der Waals surface area contributed by atoms with Crippen LogP contribution in [0.2, 0.25) is 0 Å². The Kier molecular flexibility index (Phi) is 7.48. The molecule has 2 N–H and O–H groups in total. The lowest BCUT2D eigenvalue weighted by Crippen LogP contribution is -2.39. The second-order valence-electron chi connectivity index (χ2n) is 6.79. The highest BCUT2D eigenvalue weighted by Gasteiger charge is 2.26. The van der Waals surface area contributed by atoms with Crippen LogP contribution in [-0.2, 0) is 21.4 Å². The summed E-state index contributed by atoms with van der Waals surface area (Å²) >= 11 is 0. The van der Waals surface area contributed by atoms with Gasteiger partial charge in [0.25, 0.3) is 5.91 Å². The average molecular weight is 452 g/mol. The van der Waals surface area contributed by atoms with E-state index in [1.54, 1.807) is 54.6 Å². The molecule has 0 unspecified atom stereocenters. The molecule has 0 aromatic heterocycles. The molecule has 0 atom stereocenters. The maximum Gasteiger partial charge on any atom is 0.335 e. The van der Waals surface area contributed by atoms with Gasteiger partial charge < -0.3 is 5.11 Å². The Morgan fingerprint density at radius 2 is 1.50 bits per heavy atom. The van der Waals surface area contributed by atoms with Crippen molar-refractivity contribution in [1.29, 1.82) is 0 Å². The number of amides is 1. The number of nitrogens with zero attached hydrogens (tertiary/aromatic N) is 2. The fraction of sp³-hybridized carbons (Fsp3) is 0.0870. The summed E-state index contributed by atoms with van der Waals surface area (Å²) in [6.45, 7) is -0.409. The molecule has 8 nitrogen and oxygen atoms in total. The summed E-state index contributed by atoms with van der Waals surface area (Å²) in [5.41, 5.74) is 3.76. The van der Waals surface area contributed by atoms with Gasteiger partial charge in [-0.3, -0.25) is 4.79 Å². The number of carboxylic acid groups (broad SMARTS) is 1. The van der Waals surface area contributed by atoms with Crippen LogP contribution in [0.15, 0.2) is 94.9 Å². The van der Waals surface area contributed by atoms with Crippen molar-refractivity contribution in [2.75, 3.05) is 6.54 Å². The van der Waals surface area contributed by atoms with Crippen LogP contribution in [0.5, 0.6) is 0 Å². The van der Waals surface area contributed by atoms with Crippen molar-refractivity contribution >= 4 is 28.1 Å². The highest BCUT2D eigenvalue weighted by molar-refractivity contribution is 7.89.